The van der Waals surface area contributed by atoms with Gasteiger partial charge in [0.2, 0.25) is 23.6 Å². The summed E-state index contributed by atoms with van der Waals surface area (Å²) in [5.41, 5.74) is -3.32. The van der Waals surface area contributed by atoms with Gasteiger partial charge in [-0.05, 0) is 31.6 Å². The first-order valence-electron chi connectivity index (χ1n) is 13.6. The number of nitro groups is 2. The summed E-state index contributed by atoms with van der Waals surface area (Å²) < 4.78 is 3.54. The molecule has 4 amide bonds. The lowest BCUT2D eigenvalue weighted by Gasteiger charge is -2.59. The maximum Gasteiger partial charge on any atom is 0.334 e. The van der Waals surface area contributed by atoms with Crippen LogP contribution in [-0.2, 0) is 28.7 Å². The zero-order chi connectivity index (χ0) is 32.0. The van der Waals surface area contributed by atoms with Crippen molar-refractivity contribution >= 4 is 68.3 Å². The van der Waals surface area contributed by atoms with E-state index in [4.69, 9.17) is 4.74 Å². The number of ether oxygens (including phenoxy) is 1. The topological polar surface area (TPSA) is 187 Å². The molecule has 2 bridgehead atoms. The summed E-state index contributed by atoms with van der Waals surface area (Å²) in [5, 5.41) is 23.7. The van der Waals surface area contributed by atoms with Crippen molar-refractivity contribution in [3.05, 3.63) is 79.9 Å². The van der Waals surface area contributed by atoms with Gasteiger partial charge >= 0.3 is 5.97 Å². The Balaban J connectivity index is 1.61. The van der Waals surface area contributed by atoms with Crippen LogP contribution < -0.4 is 9.80 Å². The van der Waals surface area contributed by atoms with E-state index in [1.807, 2.05) is 0 Å². The molecule has 4 unspecified atom stereocenters. The number of carbonyl (C=O) groups excluding carboxylic acids is 5. The molecule has 4 atom stereocenters. The smallest absolute Gasteiger partial charge is 0.334 e. The summed E-state index contributed by atoms with van der Waals surface area (Å²) in [6.45, 7) is 4.44. The van der Waals surface area contributed by atoms with Gasteiger partial charge in [-0.15, -0.1) is 0 Å². The molecule has 2 saturated heterocycles. The number of hydrogen-bond acceptors (Lipinski definition) is 10. The van der Waals surface area contributed by atoms with Gasteiger partial charge in [-0.1, -0.05) is 47.1 Å². The van der Waals surface area contributed by atoms with Crippen LogP contribution in [0.2, 0.25) is 0 Å². The van der Waals surface area contributed by atoms with Crippen LogP contribution >= 0.6 is 15.9 Å². The van der Waals surface area contributed by atoms with Crippen molar-refractivity contribution in [2.75, 3.05) is 16.4 Å². The van der Waals surface area contributed by atoms with E-state index < -0.39 is 84.2 Å². The van der Waals surface area contributed by atoms with E-state index in [1.165, 1.54) is 50.2 Å². The Bertz CT molecular complexity index is 1680. The third kappa shape index (κ3) is 3.38. The van der Waals surface area contributed by atoms with Gasteiger partial charge in [0.05, 0.1) is 44.4 Å². The number of para-hydroxylation sites is 4. The monoisotopic (exact) mass is 666 g/mol. The molecular weight excluding hydrogens is 644 g/mol. The summed E-state index contributed by atoms with van der Waals surface area (Å²) in [6.07, 6.45) is 0. The summed E-state index contributed by atoms with van der Waals surface area (Å²) in [5.74, 6) is -9.96. The second-order valence-corrected chi connectivity index (χ2v) is 12.5. The Hall–Kier alpha value is -4.79. The number of hydrogen-bond donors (Lipinski definition) is 0. The highest BCUT2D eigenvalue weighted by atomic mass is 79.9. The molecule has 3 aliphatic carbocycles. The molecular formula is C29H23BrN4O10. The fourth-order valence-corrected chi connectivity index (χ4v) is 8.94. The predicted molar refractivity (Wildman–Crippen MR) is 154 cm³/mol. The number of benzene rings is 2. The molecule has 15 heteroatoms. The lowest BCUT2D eigenvalue weighted by Crippen LogP contribution is -2.67. The third-order valence-electron chi connectivity index (χ3n) is 9.42. The van der Waals surface area contributed by atoms with Gasteiger partial charge in [0.15, 0.2) is 0 Å². The van der Waals surface area contributed by atoms with Crippen molar-refractivity contribution in [3.63, 3.8) is 0 Å². The maximum absolute atomic E-state index is 14.4. The van der Waals surface area contributed by atoms with E-state index in [0.717, 1.165) is 12.1 Å². The highest BCUT2D eigenvalue weighted by molar-refractivity contribution is 9.10. The van der Waals surface area contributed by atoms with Crippen molar-refractivity contribution in [3.8, 4) is 0 Å². The molecule has 44 heavy (non-hydrogen) atoms. The first-order valence-corrected chi connectivity index (χ1v) is 14.4. The zero-order valence-corrected chi connectivity index (χ0v) is 25.0. The average Bonchev–Trinajstić information content (AvgIpc) is 3.41. The summed E-state index contributed by atoms with van der Waals surface area (Å²) >= 11 is 3.59. The molecule has 7 rings (SSSR count). The number of nitrogens with zero attached hydrogens (tertiary/aromatic N) is 4. The number of halogens is 1. The van der Waals surface area contributed by atoms with Gasteiger partial charge in [-0.25, -0.2) is 14.6 Å². The van der Waals surface area contributed by atoms with E-state index in [1.54, 1.807) is 6.92 Å². The number of imide groups is 2. The van der Waals surface area contributed by atoms with E-state index in [2.05, 4.69) is 15.9 Å². The molecule has 2 aliphatic heterocycles. The van der Waals surface area contributed by atoms with E-state index >= 15 is 0 Å². The Labute approximate surface area is 257 Å². The van der Waals surface area contributed by atoms with E-state index in [0.29, 0.717) is 9.80 Å². The van der Waals surface area contributed by atoms with Crippen LogP contribution in [0.15, 0.2) is 59.7 Å². The van der Waals surface area contributed by atoms with Gasteiger partial charge in [0.25, 0.3) is 11.4 Å². The van der Waals surface area contributed by atoms with Crippen LogP contribution in [0.5, 0.6) is 0 Å². The fraction of sp³-hybridized carbons (Fsp3) is 0.345. The molecule has 0 aromatic heterocycles. The second-order valence-electron chi connectivity index (χ2n) is 11.2. The van der Waals surface area contributed by atoms with Crippen molar-refractivity contribution in [2.24, 2.45) is 29.1 Å². The molecule has 2 aromatic carbocycles. The normalized spacial score (nSPS) is 30.5. The number of alkyl halides is 1. The second kappa shape index (κ2) is 9.61. The standard InChI is InChI=1S/C29H23BrN4O10/c1-4-44-27(39)18-13(2)29(30)21-19(23(35)31(25(21)37)14-9-5-7-11-16(14)33(40)41)28(18,3)20-22(29)26(38)32(24(20)36)15-10-6-8-12-17(15)34(42)43/h5-12,19-22H,4H2,1-3H3. The Kier molecular flexibility index (Phi) is 6.39. The van der Waals surface area contributed by atoms with Gasteiger partial charge in [-0.3, -0.25) is 39.4 Å². The molecule has 0 N–H and O–H groups in total. The minimum Gasteiger partial charge on any atom is -0.463 e. The summed E-state index contributed by atoms with van der Waals surface area (Å²) in [6, 6.07) is 10.4. The van der Waals surface area contributed by atoms with Gasteiger partial charge < -0.3 is 4.74 Å². The van der Waals surface area contributed by atoms with Crippen molar-refractivity contribution in [2.45, 2.75) is 25.1 Å². The van der Waals surface area contributed by atoms with E-state index in [9.17, 15) is 44.2 Å². The maximum atomic E-state index is 14.4. The fourth-order valence-electron chi connectivity index (χ4n) is 7.82. The number of rotatable bonds is 6. The Morgan fingerprint density at radius 2 is 1.20 bits per heavy atom. The average molecular weight is 667 g/mol. The van der Waals surface area contributed by atoms with Crippen LogP contribution in [0.3, 0.4) is 0 Å². The molecule has 0 spiro atoms. The largest absolute Gasteiger partial charge is 0.463 e. The number of esters is 1. The van der Waals surface area contributed by atoms with Gasteiger partial charge in [0.1, 0.15) is 11.4 Å². The minimum absolute atomic E-state index is 0.0619. The third-order valence-corrected chi connectivity index (χ3v) is 11.0. The molecule has 14 nitrogen and oxygen atoms in total. The van der Waals surface area contributed by atoms with Crippen molar-refractivity contribution in [1.82, 2.24) is 0 Å². The highest BCUT2D eigenvalue weighted by Crippen LogP contribution is 2.73. The molecule has 0 radical (unpaired) electrons. The van der Waals surface area contributed by atoms with Crippen LogP contribution in [0.25, 0.3) is 0 Å². The first kappa shape index (κ1) is 29.3. The molecule has 3 fully saturated rings. The molecule has 2 aromatic rings. The summed E-state index contributed by atoms with van der Waals surface area (Å²) in [7, 11) is 0. The Morgan fingerprint density at radius 1 is 0.818 bits per heavy atom. The highest BCUT2D eigenvalue weighted by Gasteiger charge is 2.82. The van der Waals surface area contributed by atoms with Gasteiger partial charge in [-0.2, -0.15) is 0 Å². The first-order chi connectivity index (χ1) is 20.8. The molecule has 5 aliphatic rings. The number of nitro benzene ring substituents is 2. The SMILES string of the molecule is CCOC(=O)C1=C(C)C2(Br)C3C(=O)N(c4ccccc4[N+](=O)[O-])C(=O)C3C1(C)C1C(=O)N(c3ccccc3[N+](=O)[O-])C(=O)C12. The molecule has 1 saturated carbocycles. The molecule has 226 valence electrons. The number of anilines is 2. The predicted octanol–water partition coefficient (Wildman–Crippen LogP) is 3.46. The Morgan fingerprint density at radius 3 is 1.59 bits per heavy atom. The lowest BCUT2D eigenvalue weighted by molar-refractivity contribution is -0.384. The van der Waals surface area contributed by atoms with Crippen molar-refractivity contribution in [1.29, 1.82) is 0 Å². The quantitative estimate of drug-likeness (QED) is 0.145. The van der Waals surface area contributed by atoms with Crippen molar-refractivity contribution < 1.29 is 38.6 Å². The number of allylic oxidation sites excluding steroid dienone is 1. The summed E-state index contributed by atoms with van der Waals surface area (Å²) in [4.78, 5) is 94.5. The van der Waals surface area contributed by atoms with Crippen LogP contribution in [0, 0.1) is 49.3 Å². The number of carbonyl (C=O) groups is 5. The van der Waals surface area contributed by atoms with Crippen LogP contribution in [-0.4, -0.2) is 50.4 Å². The van der Waals surface area contributed by atoms with Crippen LogP contribution in [0.1, 0.15) is 20.8 Å². The van der Waals surface area contributed by atoms with E-state index in [-0.39, 0.29) is 29.1 Å². The number of amides is 4. The lowest BCUT2D eigenvalue weighted by atomic mass is 9.43. The van der Waals surface area contributed by atoms with Gasteiger partial charge in [0, 0.05) is 23.1 Å². The minimum atomic E-state index is -1.82. The molecule has 2 heterocycles. The zero-order valence-electron chi connectivity index (χ0n) is 23.4. The van der Waals surface area contributed by atoms with Crippen LogP contribution in [0.4, 0.5) is 22.7 Å².